The zero-order valence-corrected chi connectivity index (χ0v) is 21.1. The summed E-state index contributed by atoms with van der Waals surface area (Å²) in [6.07, 6.45) is 3.49. The second-order valence-corrected chi connectivity index (χ2v) is 12.2. The summed E-state index contributed by atoms with van der Waals surface area (Å²) in [6.45, 7) is 5.16. The van der Waals surface area contributed by atoms with Crippen LogP contribution in [0, 0.1) is 5.92 Å². The predicted octanol–water partition coefficient (Wildman–Crippen LogP) is 6.11. The molecule has 0 radical (unpaired) electrons. The number of aromatic nitrogens is 1. The summed E-state index contributed by atoms with van der Waals surface area (Å²) in [7, 11) is -3.35. The molecule has 0 saturated carbocycles. The highest BCUT2D eigenvalue weighted by molar-refractivity contribution is 7.91. The van der Waals surface area contributed by atoms with Gasteiger partial charge in [0.25, 0.3) is 0 Å². The fraction of sp³-hybridized carbons (Fsp3) is 0.241. The summed E-state index contributed by atoms with van der Waals surface area (Å²) in [5.74, 6) is -1.24. The largest absolute Gasteiger partial charge is 0.481 e. The number of hydrogen-bond donors (Lipinski definition) is 1. The van der Waals surface area contributed by atoms with Gasteiger partial charge in [-0.1, -0.05) is 55.5 Å². The molecule has 35 heavy (non-hydrogen) atoms. The van der Waals surface area contributed by atoms with Crippen LogP contribution < -0.4 is 0 Å². The fourth-order valence-electron chi connectivity index (χ4n) is 4.11. The maximum absolute atomic E-state index is 12.6. The number of carboxylic acids is 1. The molecule has 1 heterocycles. The van der Waals surface area contributed by atoms with Gasteiger partial charge in [-0.15, -0.1) is 0 Å². The standard InChI is InChI=1S/C29H29NO4S/c1-19(28(31)32)15-20-10-12-21(13-11-20)22-7-5-8-23(16-22)26-18-25(29(2,3)35(4,33)34)17-24-9-6-14-30-27(24)26/h5-14,16-19H,15H2,1-4H3,(H,31,32). The Kier molecular flexibility index (Phi) is 6.52. The highest BCUT2D eigenvalue weighted by Gasteiger charge is 2.33. The third-order valence-electron chi connectivity index (χ3n) is 6.75. The van der Waals surface area contributed by atoms with Gasteiger partial charge in [0.05, 0.1) is 16.2 Å². The molecule has 0 spiro atoms. The minimum atomic E-state index is -3.35. The molecule has 0 bridgehead atoms. The molecule has 0 aliphatic heterocycles. The van der Waals surface area contributed by atoms with Crippen LogP contribution in [0.2, 0.25) is 0 Å². The van der Waals surface area contributed by atoms with E-state index < -0.39 is 26.5 Å². The van der Waals surface area contributed by atoms with E-state index in [1.807, 2.05) is 66.7 Å². The van der Waals surface area contributed by atoms with Crippen LogP contribution in [0.15, 0.2) is 79.0 Å². The first-order valence-corrected chi connectivity index (χ1v) is 13.4. The molecule has 0 aliphatic rings. The lowest BCUT2D eigenvalue weighted by Crippen LogP contribution is -2.28. The van der Waals surface area contributed by atoms with Crippen molar-refractivity contribution >= 4 is 26.7 Å². The smallest absolute Gasteiger partial charge is 0.306 e. The number of fused-ring (bicyclic) bond motifs is 1. The third kappa shape index (κ3) is 4.98. The number of sulfone groups is 1. The lowest BCUT2D eigenvalue weighted by molar-refractivity contribution is -0.141. The van der Waals surface area contributed by atoms with E-state index in [1.54, 1.807) is 27.0 Å². The minimum absolute atomic E-state index is 0.437. The van der Waals surface area contributed by atoms with Crippen LogP contribution in [0.5, 0.6) is 0 Å². The lowest BCUT2D eigenvalue weighted by atomic mass is 9.92. The van der Waals surface area contributed by atoms with E-state index in [2.05, 4.69) is 11.1 Å². The monoisotopic (exact) mass is 487 g/mol. The summed E-state index contributed by atoms with van der Waals surface area (Å²) in [5.41, 5.74) is 6.37. The van der Waals surface area contributed by atoms with Gasteiger partial charge in [0.15, 0.2) is 9.84 Å². The number of benzene rings is 3. The summed E-state index contributed by atoms with van der Waals surface area (Å²) >= 11 is 0. The molecule has 1 unspecified atom stereocenters. The number of hydrogen-bond acceptors (Lipinski definition) is 4. The van der Waals surface area contributed by atoms with E-state index in [4.69, 9.17) is 5.11 Å². The number of nitrogens with zero attached hydrogens (tertiary/aromatic N) is 1. The van der Waals surface area contributed by atoms with Crippen LogP contribution in [0.4, 0.5) is 0 Å². The topological polar surface area (TPSA) is 84.3 Å². The molecule has 4 rings (SSSR count). The maximum Gasteiger partial charge on any atom is 0.306 e. The van der Waals surface area contributed by atoms with Gasteiger partial charge in [-0.3, -0.25) is 9.78 Å². The Labute approximate surface area is 206 Å². The highest BCUT2D eigenvalue weighted by atomic mass is 32.2. The van der Waals surface area contributed by atoms with Crippen molar-refractivity contribution in [1.82, 2.24) is 4.98 Å². The normalized spacial score (nSPS) is 13.0. The Balaban J connectivity index is 1.79. The van der Waals surface area contributed by atoms with Gasteiger partial charge in [-0.2, -0.15) is 0 Å². The van der Waals surface area contributed by atoms with Gasteiger partial charge in [0.1, 0.15) is 0 Å². The van der Waals surface area contributed by atoms with Crippen molar-refractivity contribution in [2.75, 3.05) is 6.26 Å². The lowest BCUT2D eigenvalue weighted by Gasteiger charge is -2.24. The van der Waals surface area contributed by atoms with E-state index in [0.29, 0.717) is 6.42 Å². The van der Waals surface area contributed by atoms with Crippen LogP contribution in [-0.2, 0) is 25.8 Å². The van der Waals surface area contributed by atoms with Crippen LogP contribution in [-0.4, -0.2) is 30.7 Å². The molecule has 0 aliphatic carbocycles. The molecular formula is C29H29NO4S. The molecular weight excluding hydrogens is 458 g/mol. The second kappa shape index (κ2) is 9.27. The molecule has 4 aromatic rings. The maximum atomic E-state index is 12.6. The van der Waals surface area contributed by atoms with E-state index in [1.165, 1.54) is 6.26 Å². The van der Waals surface area contributed by atoms with Crippen molar-refractivity contribution in [3.05, 3.63) is 90.1 Å². The van der Waals surface area contributed by atoms with Gasteiger partial charge in [-0.05, 0) is 72.4 Å². The predicted molar refractivity (Wildman–Crippen MR) is 141 cm³/mol. The van der Waals surface area contributed by atoms with Crippen LogP contribution in [0.25, 0.3) is 33.2 Å². The van der Waals surface area contributed by atoms with Gasteiger partial charge < -0.3 is 5.11 Å². The molecule has 1 atom stereocenters. The van der Waals surface area contributed by atoms with E-state index in [9.17, 15) is 13.2 Å². The molecule has 0 saturated heterocycles. The average Bonchev–Trinajstić information content (AvgIpc) is 2.83. The molecule has 180 valence electrons. The molecule has 6 heteroatoms. The summed E-state index contributed by atoms with van der Waals surface area (Å²) in [4.78, 5) is 15.8. The number of pyridine rings is 1. The fourth-order valence-corrected chi connectivity index (χ4v) is 4.66. The van der Waals surface area contributed by atoms with Crippen molar-refractivity contribution in [3.63, 3.8) is 0 Å². The number of carbonyl (C=O) groups is 1. The quantitative estimate of drug-likeness (QED) is 0.340. The first-order chi connectivity index (χ1) is 16.5. The number of rotatable bonds is 7. The molecule has 0 fully saturated rings. The molecule has 1 aromatic heterocycles. The first kappa shape index (κ1) is 24.6. The van der Waals surface area contributed by atoms with Gasteiger partial charge in [0.2, 0.25) is 0 Å². The van der Waals surface area contributed by atoms with Crippen molar-refractivity contribution < 1.29 is 18.3 Å². The Morgan fingerprint density at radius 3 is 2.29 bits per heavy atom. The Morgan fingerprint density at radius 2 is 1.63 bits per heavy atom. The van der Waals surface area contributed by atoms with Crippen LogP contribution in [0.3, 0.4) is 0 Å². The highest BCUT2D eigenvalue weighted by Crippen LogP contribution is 2.37. The second-order valence-electron chi connectivity index (χ2n) is 9.60. The number of carboxylic acid groups (broad SMARTS) is 1. The van der Waals surface area contributed by atoms with Crippen LogP contribution >= 0.6 is 0 Å². The first-order valence-electron chi connectivity index (χ1n) is 11.5. The summed E-state index contributed by atoms with van der Waals surface area (Å²) < 4.78 is 24.1. The average molecular weight is 488 g/mol. The zero-order chi connectivity index (χ0) is 25.4. The summed E-state index contributed by atoms with van der Waals surface area (Å²) in [6, 6.07) is 23.7. The van der Waals surface area contributed by atoms with E-state index in [0.717, 1.165) is 44.3 Å². The Morgan fingerprint density at radius 1 is 0.943 bits per heavy atom. The van der Waals surface area contributed by atoms with Crippen molar-refractivity contribution in [2.45, 2.75) is 31.9 Å². The Bertz CT molecular complexity index is 1510. The van der Waals surface area contributed by atoms with E-state index in [-0.39, 0.29) is 0 Å². The molecule has 1 N–H and O–H groups in total. The van der Waals surface area contributed by atoms with Gasteiger partial charge in [-0.25, -0.2) is 8.42 Å². The SMILES string of the molecule is CC(Cc1ccc(-c2cccc(-c3cc(C(C)(C)S(C)(=O)=O)cc4cccnc34)c2)cc1)C(=O)O. The van der Waals surface area contributed by atoms with Crippen LogP contribution in [0.1, 0.15) is 31.9 Å². The van der Waals surface area contributed by atoms with Gasteiger partial charge in [0, 0.05) is 23.4 Å². The molecule has 5 nitrogen and oxygen atoms in total. The Hall–Kier alpha value is -3.51. The molecule has 3 aromatic carbocycles. The van der Waals surface area contributed by atoms with Gasteiger partial charge >= 0.3 is 5.97 Å². The third-order valence-corrected chi connectivity index (χ3v) is 8.84. The zero-order valence-electron chi connectivity index (χ0n) is 20.3. The van der Waals surface area contributed by atoms with Crippen molar-refractivity contribution in [1.29, 1.82) is 0 Å². The number of aliphatic carboxylic acids is 1. The summed E-state index contributed by atoms with van der Waals surface area (Å²) in [5, 5.41) is 10.1. The minimum Gasteiger partial charge on any atom is -0.481 e. The van der Waals surface area contributed by atoms with Crippen molar-refractivity contribution in [2.24, 2.45) is 5.92 Å². The van der Waals surface area contributed by atoms with Crippen molar-refractivity contribution in [3.8, 4) is 22.3 Å². The molecule has 0 amide bonds. The van der Waals surface area contributed by atoms with E-state index >= 15 is 0 Å².